The molecule has 1 aliphatic carbocycles. The van der Waals surface area contributed by atoms with Crippen molar-refractivity contribution in [1.82, 2.24) is 20.2 Å². The van der Waals surface area contributed by atoms with E-state index in [0.29, 0.717) is 11.1 Å². The number of aromatic nitrogens is 2. The molecule has 0 bridgehead atoms. The summed E-state index contributed by atoms with van der Waals surface area (Å²) in [5.74, 6) is 2.74. The maximum Gasteiger partial charge on any atom is 0.403 e. The normalized spacial score (nSPS) is 18.8. The maximum absolute atomic E-state index is 13.6. The zero-order chi connectivity index (χ0) is 24.5. The lowest BCUT2D eigenvalue weighted by atomic mass is 10.0. The van der Waals surface area contributed by atoms with Crippen molar-refractivity contribution in [2.24, 2.45) is 11.1 Å². The molecule has 2 heterocycles. The third-order valence-electron chi connectivity index (χ3n) is 5.87. The van der Waals surface area contributed by atoms with Crippen LogP contribution in [0.5, 0.6) is 0 Å². The second-order valence-electron chi connectivity index (χ2n) is 8.21. The standard InChI is InChI=1S/C23H20F3N5O3/c24-23(25,26)22(7-8-22)21(34)31-13-14-3-1-2-4-17(14)19(31)20(33)30-15(11-18(27)32)5-6-16-12-28-9-10-29-16/h1-4,9-10,12,15,19H,7-8,11,13H2,(H2,27,32)(H,30,33)/t15-,19+/m1/s1. The van der Waals surface area contributed by atoms with E-state index in [-0.39, 0.29) is 31.5 Å². The number of rotatable bonds is 5. The number of nitrogens with zero attached hydrogens (tertiary/aromatic N) is 3. The molecular weight excluding hydrogens is 451 g/mol. The minimum atomic E-state index is -4.71. The number of primary amides is 1. The first-order chi connectivity index (χ1) is 16.1. The molecule has 0 saturated heterocycles. The number of benzene rings is 1. The highest BCUT2D eigenvalue weighted by atomic mass is 19.4. The number of hydrogen-bond donors (Lipinski definition) is 2. The molecular formula is C23H20F3N5O3. The molecule has 1 aromatic heterocycles. The quantitative estimate of drug-likeness (QED) is 0.643. The molecule has 4 rings (SSSR count). The molecule has 2 aliphatic rings. The summed E-state index contributed by atoms with van der Waals surface area (Å²) >= 11 is 0. The number of nitrogens with two attached hydrogens (primary N) is 1. The van der Waals surface area contributed by atoms with Gasteiger partial charge in [-0.15, -0.1) is 0 Å². The number of halogens is 3. The van der Waals surface area contributed by atoms with Crippen molar-refractivity contribution in [2.45, 2.75) is 44.1 Å². The van der Waals surface area contributed by atoms with E-state index in [1.807, 2.05) is 0 Å². The van der Waals surface area contributed by atoms with E-state index < -0.39 is 41.4 Å². The molecule has 1 aromatic carbocycles. The largest absolute Gasteiger partial charge is 0.403 e. The number of carbonyl (C=O) groups excluding carboxylic acids is 3. The molecule has 2 atom stereocenters. The van der Waals surface area contributed by atoms with Gasteiger partial charge in [0.05, 0.1) is 18.7 Å². The van der Waals surface area contributed by atoms with Gasteiger partial charge >= 0.3 is 6.18 Å². The van der Waals surface area contributed by atoms with Crippen molar-refractivity contribution in [1.29, 1.82) is 0 Å². The lowest BCUT2D eigenvalue weighted by Gasteiger charge is -2.30. The van der Waals surface area contributed by atoms with Gasteiger partial charge in [-0.2, -0.15) is 13.2 Å². The minimum Gasteiger partial charge on any atom is -0.370 e. The smallest absolute Gasteiger partial charge is 0.370 e. The molecule has 3 amide bonds. The summed E-state index contributed by atoms with van der Waals surface area (Å²) < 4.78 is 40.9. The van der Waals surface area contributed by atoms with E-state index in [4.69, 9.17) is 5.73 Å². The number of fused-ring (bicyclic) bond motifs is 1. The maximum atomic E-state index is 13.6. The summed E-state index contributed by atoms with van der Waals surface area (Å²) in [6.07, 6.45) is -1.43. The number of hydrogen-bond acceptors (Lipinski definition) is 5. The minimum absolute atomic E-state index is 0.128. The molecule has 8 nitrogen and oxygen atoms in total. The number of nitrogens with one attached hydrogen (secondary N) is 1. The van der Waals surface area contributed by atoms with Gasteiger partial charge in [-0.1, -0.05) is 30.2 Å². The lowest BCUT2D eigenvalue weighted by molar-refractivity contribution is -0.200. The van der Waals surface area contributed by atoms with Crippen LogP contribution in [0.4, 0.5) is 13.2 Å². The molecule has 1 fully saturated rings. The molecule has 3 N–H and O–H groups in total. The van der Waals surface area contributed by atoms with Crippen LogP contribution in [0.25, 0.3) is 0 Å². The molecule has 2 aromatic rings. The van der Waals surface area contributed by atoms with E-state index in [1.54, 1.807) is 24.3 Å². The summed E-state index contributed by atoms with van der Waals surface area (Å²) in [5.41, 5.74) is 4.10. The monoisotopic (exact) mass is 471 g/mol. The van der Waals surface area contributed by atoms with Crippen molar-refractivity contribution < 1.29 is 27.6 Å². The summed E-state index contributed by atoms with van der Waals surface area (Å²) in [6, 6.07) is 4.23. The SMILES string of the molecule is NC(=O)C[C@@H](C#Cc1cnccn1)NC(=O)[C@@H]1c2ccccc2CN1C(=O)C1(C(F)(F)F)CC1. The van der Waals surface area contributed by atoms with Crippen LogP contribution in [0.15, 0.2) is 42.9 Å². The van der Waals surface area contributed by atoms with Gasteiger partial charge < -0.3 is 16.0 Å². The van der Waals surface area contributed by atoms with Crippen molar-refractivity contribution in [3.8, 4) is 11.8 Å². The van der Waals surface area contributed by atoms with E-state index in [2.05, 4.69) is 27.1 Å². The fraction of sp³-hybridized carbons (Fsp3) is 0.348. The number of alkyl halides is 3. The summed E-state index contributed by atoms with van der Waals surface area (Å²) in [6.45, 7) is -0.128. The van der Waals surface area contributed by atoms with Crippen LogP contribution in [-0.4, -0.2) is 44.8 Å². The Morgan fingerprint density at radius 1 is 1.24 bits per heavy atom. The highest BCUT2D eigenvalue weighted by molar-refractivity contribution is 5.94. The Bertz CT molecular complexity index is 1190. The van der Waals surface area contributed by atoms with Crippen molar-refractivity contribution >= 4 is 17.7 Å². The van der Waals surface area contributed by atoms with Crippen LogP contribution in [-0.2, 0) is 20.9 Å². The van der Waals surface area contributed by atoms with Gasteiger partial charge in [0.25, 0.3) is 0 Å². The molecule has 176 valence electrons. The first-order valence-corrected chi connectivity index (χ1v) is 10.4. The lowest BCUT2D eigenvalue weighted by Crippen LogP contribution is -2.48. The van der Waals surface area contributed by atoms with Crippen LogP contribution in [0, 0.1) is 17.3 Å². The predicted octanol–water partition coefficient (Wildman–Crippen LogP) is 1.61. The molecule has 1 saturated carbocycles. The zero-order valence-corrected chi connectivity index (χ0v) is 17.8. The van der Waals surface area contributed by atoms with Crippen molar-refractivity contribution in [2.75, 3.05) is 0 Å². The Morgan fingerprint density at radius 2 is 1.97 bits per heavy atom. The number of amides is 3. The first-order valence-electron chi connectivity index (χ1n) is 10.4. The fourth-order valence-electron chi connectivity index (χ4n) is 3.99. The van der Waals surface area contributed by atoms with Gasteiger partial charge in [0, 0.05) is 18.9 Å². The summed E-state index contributed by atoms with van der Waals surface area (Å²) in [7, 11) is 0. The van der Waals surface area contributed by atoms with Crippen LogP contribution < -0.4 is 11.1 Å². The van der Waals surface area contributed by atoms with E-state index in [0.717, 1.165) is 4.90 Å². The Balaban J connectivity index is 1.62. The van der Waals surface area contributed by atoms with Crippen LogP contribution in [0.3, 0.4) is 0 Å². The van der Waals surface area contributed by atoms with Gasteiger partial charge in [-0.3, -0.25) is 19.4 Å². The van der Waals surface area contributed by atoms with E-state index in [9.17, 15) is 27.6 Å². The third-order valence-corrected chi connectivity index (χ3v) is 5.87. The molecule has 0 spiro atoms. The van der Waals surface area contributed by atoms with Gasteiger partial charge in [-0.05, 0) is 29.9 Å². The Morgan fingerprint density at radius 3 is 2.59 bits per heavy atom. The molecule has 1 aliphatic heterocycles. The van der Waals surface area contributed by atoms with E-state index in [1.165, 1.54) is 18.6 Å². The summed E-state index contributed by atoms with van der Waals surface area (Å²) in [4.78, 5) is 46.7. The Hall–Kier alpha value is -3.94. The highest BCUT2D eigenvalue weighted by Crippen LogP contribution is 2.59. The van der Waals surface area contributed by atoms with Crippen molar-refractivity contribution in [3.63, 3.8) is 0 Å². The van der Waals surface area contributed by atoms with Gasteiger partial charge in [-0.25, -0.2) is 4.98 Å². The molecule has 11 heteroatoms. The average molecular weight is 471 g/mol. The Labute approximate surface area is 192 Å². The second kappa shape index (κ2) is 8.78. The fourth-order valence-corrected chi connectivity index (χ4v) is 3.99. The highest BCUT2D eigenvalue weighted by Gasteiger charge is 2.70. The predicted molar refractivity (Wildman–Crippen MR) is 112 cm³/mol. The zero-order valence-electron chi connectivity index (χ0n) is 17.8. The topological polar surface area (TPSA) is 118 Å². The van der Waals surface area contributed by atoms with Crippen LogP contribution in [0.1, 0.15) is 42.1 Å². The van der Waals surface area contributed by atoms with Gasteiger partial charge in [0.15, 0.2) is 0 Å². The first kappa shape index (κ1) is 23.2. The van der Waals surface area contributed by atoms with Crippen LogP contribution in [0.2, 0.25) is 0 Å². The average Bonchev–Trinajstić information content (AvgIpc) is 3.52. The van der Waals surface area contributed by atoms with Crippen molar-refractivity contribution in [3.05, 3.63) is 59.7 Å². The van der Waals surface area contributed by atoms with Gasteiger partial charge in [0.1, 0.15) is 17.2 Å². The van der Waals surface area contributed by atoms with Gasteiger partial charge in [0.2, 0.25) is 17.7 Å². The third kappa shape index (κ3) is 4.44. The molecule has 0 unspecified atom stereocenters. The molecule has 34 heavy (non-hydrogen) atoms. The second-order valence-corrected chi connectivity index (χ2v) is 8.21. The Kier molecular flexibility index (Phi) is 6.00. The molecule has 0 radical (unpaired) electrons. The summed E-state index contributed by atoms with van der Waals surface area (Å²) in [5, 5.41) is 2.56. The van der Waals surface area contributed by atoms with Crippen LogP contribution >= 0.6 is 0 Å². The number of carbonyl (C=O) groups is 3. The van der Waals surface area contributed by atoms with E-state index >= 15 is 0 Å².